The molecule has 2 fully saturated rings. The topological polar surface area (TPSA) is 118 Å². The Labute approximate surface area is 175 Å². The fraction of sp³-hybridized carbons (Fsp3) is 0.545. The summed E-state index contributed by atoms with van der Waals surface area (Å²) in [5.74, 6) is -3.35. The zero-order chi connectivity index (χ0) is 21.9. The van der Waals surface area contributed by atoms with Crippen LogP contribution in [0.3, 0.4) is 0 Å². The molecule has 1 atom stereocenters. The molecule has 162 valence electrons. The maximum Gasteiger partial charge on any atom is 0.287 e. The minimum Gasteiger partial charge on any atom is -0.363 e. The third-order valence-electron chi connectivity index (χ3n) is 6.46. The molecule has 8 heteroatoms. The van der Waals surface area contributed by atoms with E-state index in [4.69, 9.17) is 5.73 Å². The van der Waals surface area contributed by atoms with Gasteiger partial charge in [-0.25, -0.2) is 4.39 Å². The first-order valence-electron chi connectivity index (χ1n) is 10.4. The van der Waals surface area contributed by atoms with Crippen molar-refractivity contribution in [2.75, 3.05) is 0 Å². The number of carbonyl (C=O) groups excluding carboxylic acids is 4. The monoisotopic (exact) mass is 417 g/mol. The minimum absolute atomic E-state index is 0.113. The molecule has 0 aromatic heterocycles. The van der Waals surface area contributed by atoms with Crippen LogP contribution < -0.4 is 16.4 Å². The standard InChI is InChI=1S/C22H28FN3O4/c1-21(9-2-3-10-21)13-16(25-19(29)14-5-7-15(23)8-6-14)20(30)26-22(11-4-12-22)17(27)18(24)28/h5-8,16H,2-4,9-13H2,1H3,(H2,24,28)(H,25,29)(H,26,30)/t16-/m0/s1. The first-order chi connectivity index (χ1) is 14.1. The van der Waals surface area contributed by atoms with Crippen LogP contribution in [0.15, 0.2) is 24.3 Å². The van der Waals surface area contributed by atoms with Crippen molar-refractivity contribution in [2.24, 2.45) is 11.1 Å². The zero-order valence-corrected chi connectivity index (χ0v) is 17.1. The van der Waals surface area contributed by atoms with E-state index < -0.39 is 40.9 Å². The van der Waals surface area contributed by atoms with Crippen molar-refractivity contribution in [1.82, 2.24) is 10.6 Å². The van der Waals surface area contributed by atoms with Crippen molar-refractivity contribution in [3.05, 3.63) is 35.6 Å². The number of carbonyl (C=O) groups is 4. The highest BCUT2D eigenvalue weighted by Gasteiger charge is 2.48. The maximum atomic E-state index is 13.2. The van der Waals surface area contributed by atoms with Crippen molar-refractivity contribution in [1.29, 1.82) is 0 Å². The lowest BCUT2D eigenvalue weighted by Gasteiger charge is -2.41. The molecule has 0 radical (unpaired) electrons. The molecule has 2 aliphatic carbocycles. The van der Waals surface area contributed by atoms with E-state index in [-0.39, 0.29) is 11.0 Å². The van der Waals surface area contributed by atoms with Crippen molar-refractivity contribution in [2.45, 2.75) is 69.9 Å². The molecule has 0 heterocycles. The summed E-state index contributed by atoms with van der Waals surface area (Å²) < 4.78 is 13.2. The predicted octanol–water partition coefficient (Wildman–Crippen LogP) is 1.99. The summed E-state index contributed by atoms with van der Waals surface area (Å²) in [6.07, 6.45) is 5.79. The lowest BCUT2D eigenvalue weighted by molar-refractivity contribution is -0.144. The number of benzene rings is 1. The number of ketones is 1. The molecule has 1 aromatic carbocycles. The molecule has 7 nitrogen and oxygen atoms in total. The lowest BCUT2D eigenvalue weighted by atomic mass is 9.72. The second kappa shape index (κ2) is 8.53. The lowest BCUT2D eigenvalue weighted by Crippen LogP contribution is -2.65. The minimum atomic E-state index is -1.28. The Balaban J connectivity index is 1.78. The number of nitrogens with one attached hydrogen (secondary N) is 2. The molecule has 0 saturated heterocycles. The number of hydrogen-bond acceptors (Lipinski definition) is 4. The second-order valence-electron chi connectivity index (χ2n) is 8.87. The van der Waals surface area contributed by atoms with E-state index in [0.29, 0.717) is 25.7 Å². The molecule has 4 N–H and O–H groups in total. The van der Waals surface area contributed by atoms with E-state index in [1.807, 2.05) is 0 Å². The van der Waals surface area contributed by atoms with Crippen molar-refractivity contribution in [3.8, 4) is 0 Å². The maximum absolute atomic E-state index is 13.2. The molecule has 3 rings (SSSR count). The van der Waals surface area contributed by atoms with Crippen molar-refractivity contribution < 1.29 is 23.6 Å². The van der Waals surface area contributed by atoms with Crippen LogP contribution in [-0.4, -0.2) is 35.1 Å². The summed E-state index contributed by atoms with van der Waals surface area (Å²) in [6.45, 7) is 2.08. The van der Waals surface area contributed by atoms with Crippen molar-refractivity contribution in [3.63, 3.8) is 0 Å². The highest BCUT2D eigenvalue weighted by molar-refractivity contribution is 6.39. The summed E-state index contributed by atoms with van der Waals surface area (Å²) in [5.41, 5.74) is 4.01. The molecule has 0 aliphatic heterocycles. The SMILES string of the molecule is CC1(C[C@H](NC(=O)c2ccc(F)cc2)C(=O)NC2(C(=O)C(N)=O)CCC2)CCCC1. The predicted molar refractivity (Wildman–Crippen MR) is 108 cm³/mol. The van der Waals surface area contributed by atoms with Gasteiger partial charge in [0.2, 0.25) is 11.7 Å². The third-order valence-corrected chi connectivity index (χ3v) is 6.46. The van der Waals surface area contributed by atoms with Crippen LogP contribution >= 0.6 is 0 Å². The number of Topliss-reactive ketones (excluding diaryl/α,β-unsaturated/α-hetero) is 1. The fourth-order valence-corrected chi connectivity index (χ4v) is 4.48. The van der Waals surface area contributed by atoms with Crippen LogP contribution in [-0.2, 0) is 14.4 Å². The quantitative estimate of drug-likeness (QED) is 0.561. The van der Waals surface area contributed by atoms with Gasteiger partial charge in [-0.1, -0.05) is 19.8 Å². The molecule has 0 spiro atoms. The number of halogens is 1. The first kappa shape index (κ1) is 21.9. The molecule has 30 heavy (non-hydrogen) atoms. The molecule has 0 unspecified atom stereocenters. The summed E-state index contributed by atoms with van der Waals surface area (Å²) in [6, 6.07) is 4.17. The van der Waals surface area contributed by atoms with Crippen LogP contribution in [0.5, 0.6) is 0 Å². The van der Waals surface area contributed by atoms with Gasteiger partial charge in [0.25, 0.3) is 11.8 Å². The zero-order valence-electron chi connectivity index (χ0n) is 17.1. The Morgan fingerprint density at radius 1 is 1.03 bits per heavy atom. The molecule has 2 aliphatic rings. The molecule has 3 amide bonds. The van der Waals surface area contributed by atoms with Gasteiger partial charge in [-0.3, -0.25) is 19.2 Å². The summed E-state index contributed by atoms with van der Waals surface area (Å²) in [5, 5.41) is 5.45. The van der Waals surface area contributed by atoms with Gasteiger partial charge in [0.05, 0.1) is 0 Å². The van der Waals surface area contributed by atoms with Gasteiger partial charge in [0, 0.05) is 5.56 Å². The average Bonchev–Trinajstić information content (AvgIpc) is 3.10. The molecular formula is C22H28FN3O4. The van der Waals surface area contributed by atoms with Gasteiger partial charge in [-0.15, -0.1) is 0 Å². The first-order valence-corrected chi connectivity index (χ1v) is 10.4. The number of primary amides is 1. The largest absolute Gasteiger partial charge is 0.363 e. The number of nitrogens with two attached hydrogens (primary N) is 1. The summed E-state index contributed by atoms with van der Waals surface area (Å²) in [7, 11) is 0. The summed E-state index contributed by atoms with van der Waals surface area (Å²) in [4.78, 5) is 49.5. The van der Waals surface area contributed by atoms with Gasteiger partial charge in [-0.05, 0) is 68.2 Å². The normalized spacial score (nSPS) is 19.9. The van der Waals surface area contributed by atoms with Gasteiger partial charge >= 0.3 is 0 Å². The van der Waals surface area contributed by atoms with E-state index in [1.54, 1.807) is 0 Å². The van der Waals surface area contributed by atoms with Crippen LogP contribution in [0, 0.1) is 11.2 Å². The van der Waals surface area contributed by atoms with Gasteiger partial charge < -0.3 is 16.4 Å². The highest BCUT2D eigenvalue weighted by Crippen LogP contribution is 2.41. The van der Waals surface area contributed by atoms with E-state index >= 15 is 0 Å². The fourth-order valence-electron chi connectivity index (χ4n) is 4.48. The van der Waals surface area contributed by atoms with E-state index in [1.165, 1.54) is 24.3 Å². The Hall–Kier alpha value is -2.77. The smallest absolute Gasteiger partial charge is 0.287 e. The Bertz CT molecular complexity index is 842. The Morgan fingerprint density at radius 3 is 2.13 bits per heavy atom. The number of amides is 3. The Kier molecular flexibility index (Phi) is 6.24. The van der Waals surface area contributed by atoms with Gasteiger partial charge in [0.1, 0.15) is 17.4 Å². The van der Waals surface area contributed by atoms with Gasteiger partial charge in [-0.2, -0.15) is 0 Å². The van der Waals surface area contributed by atoms with E-state index in [2.05, 4.69) is 17.6 Å². The molecule has 2 saturated carbocycles. The van der Waals surface area contributed by atoms with E-state index in [9.17, 15) is 23.6 Å². The van der Waals surface area contributed by atoms with Gasteiger partial charge in [0.15, 0.2) is 0 Å². The molecule has 1 aromatic rings. The third kappa shape index (κ3) is 4.68. The van der Waals surface area contributed by atoms with E-state index in [0.717, 1.165) is 25.7 Å². The van der Waals surface area contributed by atoms with Crippen LogP contribution in [0.2, 0.25) is 0 Å². The highest BCUT2D eigenvalue weighted by atomic mass is 19.1. The van der Waals surface area contributed by atoms with Crippen molar-refractivity contribution >= 4 is 23.5 Å². The second-order valence-corrected chi connectivity index (χ2v) is 8.87. The molecular weight excluding hydrogens is 389 g/mol. The van der Waals surface area contributed by atoms with Crippen LogP contribution in [0.1, 0.15) is 68.6 Å². The number of rotatable bonds is 8. The Morgan fingerprint density at radius 2 is 1.63 bits per heavy atom. The summed E-state index contributed by atoms with van der Waals surface area (Å²) >= 11 is 0. The van der Waals surface area contributed by atoms with Crippen LogP contribution in [0.25, 0.3) is 0 Å². The number of hydrogen-bond donors (Lipinski definition) is 3. The van der Waals surface area contributed by atoms with Crippen LogP contribution in [0.4, 0.5) is 4.39 Å². The average molecular weight is 417 g/mol. The molecule has 0 bridgehead atoms.